The monoisotopic (exact) mass is 292 g/mol. The van der Waals surface area contributed by atoms with Crippen molar-refractivity contribution in [3.8, 4) is 11.5 Å². The maximum atomic E-state index is 5.77. The van der Waals surface area contributed by atoms with E-state index in [-0.39, 0.29) is 0 Å². The molecule has 0 spiro atoms. The van der Waals surface area contributed by atoms with Crippen LogP contribution in [-0.2, 0) is 6.42 Å². The highest BCUT2D eigenvalue weighted by Gasteiger charge is 2.12. The van der Waals surface area contributed by atoms with Crippen molar-refractivity contribution in [2.45, 2.75) is 26.2 Å². The first-order valence-corrected chi connectivity index (χ1v) is 8.07. The maximum absolute atomic E-state index is 5.77. The molecule has 4 heteroatoms. The van der Waals surface area contributed by atoms with Gasteiger partial charge in [0.15, 0.2) is 11.5 Å². The van der Waals surface area contributed by atoms with E-state index in [2.05, 4.69) is 29.3 Å². The Hall–Kier alpha value is -1.26. The van der Waals surface area contributed by atoms with Crippen LogP contribution in [-0.4, -0.2) is 51.3 Å². The number of methoxy groups -OCH3 is 1. The Bertz CT molecular complexity index is 417. The highest BCUT2D eigenvalue weighted by atomic mass is 16.5. The van der Waals surface area contributed by atoms with Crippen LogP contribution in [0, 0.1) is 0 Å². The van der Waals surface area contributed by atoms with Crippen LogP contribution in [0.15, 0.2) is 18.2 Å². The van der Waals surface area contributed by atoms with Gasteiger partial charge in [0.1, 0.15) is 0 Å². The Labute approximate surface area is 128 Å². The second-order valence-electron chi connectivity index (χ2n) is 5.49. The molecule has 1 heterocycles. The first-order chi connectivity index (χ1) is 10.3. The number of hydrogen-bond donors (Lipinski definition) is 1. The van der Waals surface area contributed by atoms with Gasteiger partial charge in [0.2, 0.25) is 0 Å². The van der Waals surface area contributed by atoms with Crippen LogP contribution in [0.5, 0.6) is 11.5 Å². The first kappa shape index (κ1) is 16.1. The van der Waals surface area contributed by atoms with E-state index in [1.165, 1.54) is 5.56 Å². The third kappa shape index (κ3) is 4.90. The summed E-state index contributed by atoms with van der Waals surface area (Å²) in [5.41, 5.74) is 1.25. The smallest absolute Gasteiger partial charge is 0.163 e. The number of aryl methyl sites for hydroxylation is 1. The fraction of sp³-hybridized carbons (Fsp3) is 0.647. The average Bonchev–Trinajstić information content (AvgIpc) is 2.54. The number of nitrogens with zero attached hydrogens (tertiary/aromatic N) is 1. The van der Waals surface area contributed by atoms with Crippen LogP contribution in [0.2, 0.25) is 0 Å². The number of hydrogen-bond acceptors (Lipinski definition) is 4. The van der Waals surface area contributed by atoms with Crippen LogP contribution in [0.4, 0.5) is 0 Å². The minimum Gasteiger partial charge on any atom is -0.493 e. The van der Waals surface area contributed by atoms with Crippen molar-refractivity contribution in [2.24, 2.45) is 0 Å². The van der Waals surface area contributed by atoms with Crippen LogP contribution in [0.1, 0.15) is 25.3 Å². The average molecular weight is 292 g/mol. The predicted octanol–water partition coefficient (Wildman–Crippen LogP) is 2.32. The Balaban J connectivity index is 1.89. The number of nitrogens with one attached hydrogen (secondary N) is 1. The lowest BCUT2D eigenvalue weighted by Crippen LogP contribution is -2.43. The minimum absolute atomic E-state index is 0.737. The summed E-state index contributed by atoms with van der Waals surface area (Å²) < 4.78 is 11.3. The van der Waals surface area contributed by atoms with Crippen molar-refractivity contribution in [3.05, 3.63) is 23.8 Å². The van der Waals surface area contributed by atoms with Crippen LogP contribution in [0.25, 0.3) is 0 Å². The summed E-state index contributed by atoms with van der Waals surface area (Å²) in [6.45, 7) is 8.57. The zero-order chi connectivity index (χ0) is 14.9. The van der Waals surface area contributed by atoms with Gasteiger partial charge in [0, 0.05) is 26.2 Å². The van der Waals surface area contributed by atoms with Gasteiger partial charge in [0.25, 0.3) is 0 Å². The molecule has 0 radical (unpaired) electrons. The van der Waals surface area contributed by atoms with Crippen molar-refractivity contribution in [3.63, 3.8) is 0 Å². The zero-order valence-corrected chi connectivity index (χ0v) is 13.4. The molecular weight excluding hydrogens is 264 g/mol. The van der Waals surface area contributed by atoms with Gasteiger partial charge in [-0.15, -0.1) is 0 Å². The van der Waals surface area contributed by atoms with Gasteiger partial charge in [0.05, 0.1) is 13.7 Å². The number of para-hydroxylation sites is 1. The Morgan fingerprint density at radius 1 is 1.24 bits per heavy atom. The molecular formula is C17H28N2O2. The Morgan fingerprint density at radius 3 is 2.76 bits per heavy atom. The van der Waals surface area contributed by atoms with E-state index in [9.17, 15) is 0 Å². The minimum atomic E-state index is 0.737. The molecule has 1 saturated heterocycles. The molecule has 0 aromatic heterocycles. The molecule has 0 aliphatic carbocycles. The lowest BCUT2D eigenvalue weighted by atomic mass is 10.1. The van der Waals surface area contributed by atoms with Crippen molar-refractivity contribution >= 4 is 0 Å². The van der Waals surface area contributed by atoms with E-state index in [4.69, 9.17) is 9.47 Å². The fourth-order valence-electron chi connectivity index (χ4n) is 2.74. The molecule has 21 heavy (non-hydrogen) atoms. The summed E-state index contributed by atoms with van der Waals surface area (Å²) >= 11 is 0. The highest BCUT2D eigenvalue weighted by molar-refractivity contribution is 5.46. The lowest BCUT2D eigenvalue weighted by Gasteiger charge is -2.27. The molecule has 2 rings (SSSR count). The van der Waals surface area contributed by atoms with Gasteiger partial charge in [-0.25, -0.2) is 0 Å². The molecule has 1 aliphatic rings. The summed E-state index contributed by atoms with van der Waals surface area (Å²) in [5.74, 6) is 1.78. The predicted molar refractivity (Wildman–Crippen MR) is 86.4 cm³/mol. The molecule has 1 aromatic rings. The third-order valence-corrected chi connectivity index (χ3v) is 3.86. The number of rotatable bonds is 8. The SMILES string of the molecule is CCCOc1cccc(CCCN2CCNCC2)c1OC. The number of piperazine rings is 1. The lowest BCUT2D eigenvalue weighted by molar-refractivity contribution is 0.238. The molecule has 4 nitrogen and oxygen atoms in total. The summed E-state index contributed by atoms with van der Waals surface area (Å²) in [4.78, 5) is 2.53. The van der Waals surface area contributed by atoms with Crippen molar-refractivity contribution in [1.29, 1.82) is 0 Å². The van der Waals surface area contributed by atoms with Gasteiger partial charge < -0.3 is 19.7 Å². The Kier molecular flexibility index (Phi) is 6.83. The van der Waals surface area contributed by atoms with Gasteiger partial charge in [-0.2, -0.15) is 0 Å². The molecule has 118 valence electrons. The molecule has 0 atom stereocenters. The highest BCUT2D eigenvalue weighted by Crippen LogP contribution is 2.31. The van der Waals surface area contributed by atoms with Crippen LogP contribution in [0.3, 0.4) is 0 Å². The summed E-state index contributed by atoms with van der Waals surface area (Å²) in [7, 11) is 1.73. The third-order valence-electron chi connectivity index (χ3n) is 3.86. The second-order valence-corrected chi connectivity index (χ2v) is 5.49. The Morgan fingerprint density at radius 2 is 2.05 bits per heavy atom. The van der Waals surface area contributed by atoms with Crippen molar-refractivity contribution in [1.82, 2.24) is 10.2 Å². The van der Waals surface area contributed by atoms with E-state index in [0.717, 1.165) is 70.1 Å². The second kappa shape index (κ2) is 8.90. The van der Waals surface area contributed by atoms with E-state index in [0.29, 0.717) is 0 Å². The standard InChI is InChI=1S/C17H28N2O2/c1-3-14-21-16-8-4-6-15(17(16)20-2)7-5-11-19-12-9-18-10-13-19/h4,6,8,18H,3,5,7,9-14H2,1-2H3. The molecule has 1 N–H and O–H groups in total. The van der Waals surface area contributed by atoms with E-state index in [1.54, 1.807) is 7.11 Å². The summed E-state index contributed by atoms with van der Waals surface area (Å²) in [5, 5.41) is 3.39. The number of benzene rings is 1. The van der Waals surface area contributed by atoms with Gasteiger partial charge >= 0.3 is 0 Å². The molecule has 1 aromatic carbocycles. The number of ether oxygens (including phenoxy) is 2. The topological polar surface area (TPSA) is 33.7 Å². The van der Waals surface area contributed by atoms with Crippen molar-refractivity contribution < 1.29 is 9.47 Å². The van der Waals surface area contributed by atoms with E-state index < -0.39 is 0 Å². The zero-order valence-electron chi connectivity index (χ0n) is 13.4. The summed E-state index contributed by atoms with van der Waals surface area (Å²) in [6.07, 6.45) is 3.21. The van der Waals surface area contributed by atoms with E-state index in [1.807, 2.05) is 6.07 Å². The van der Waals surface area contributed by atoms with Gasteiger partial charge in [-0.3, -0.25) is 0 Å². The maximum Gasteiger partial charge on any atom is 0.163 e. The van der Waals surface area contributed by atoms with Crippen molar-refractivity contribution in [2.75, 3.05) is 46.4 Å². The van der Waals surface area contributed by atoms with Crippen LogP contribution < -0.4 is 14.8 Å². The first-order valence-electron chi connectivity index (χ1n) is 8.07. The quantitative estimate of drug-likeness (QED) is 0.797. The molecule has 1 aliphatic heterocycles. The molecule has 0 amide bonds. The van der Waals surface area contributed by atoms with Gasteiger partial charge in [-0.05, 0) is 37.4 Å². The molecule has 0 saturated carbocycles. The van der Waals surface area contributed by atoms with E-state index >= 15 is 0 Å². The molecule has 0 bridgehead atoms. The normalized spacial score (nSPS) is 15.9. The largest absolute Gasteiger partial charge is 0.493 e. The van der Waals surface area contributed by atoms with Crippen LogP contribution >= 0.6 is 0 Å². The van der Waals surface area contributed by atoms with Gasteiger partial charge in [-0.1, -0.05) is 19.1 Å². The molecule has 0 unspecified atom stereocenters. The summed E-state index contributed by atoms with van der Waals surface area (Å²) in [6, 6.07) is 6.21. The molecule has 1 fully saturated rings. The fourth-order valence-corrected chi connectivity index (χ4v) is 2.74.